The van der Waals surface area contributed by atoms with Gasteiger partial charge in [-0.15, -0.1) is 0 Å². The van der Waals surface area contributed by atoms with Gasteiger partial charge < -0.3 is 4.74 Å². The molecule has 0 saturated carbocycles. The average molecular weight is 252 g/mol. The monoisotopic (exact) mass is 252 g/mol. The summed E-state index contributed by atoms with van der Waals surface area (Å²) >= 11 is 1.75. The van der Waals surface area contributed by atoms with Crippen molar-refractivity contribution in [3.05, 3.63) is 0 Å². The van der Waals surface area contributed by atoms with Gasteiger partial charge in [0.25, 0.3) is 0 Å². The Kier molecular flexibility index (Phi) is 5.43. The van der Waals surface area contributed by atoms with Gasteiger partial charge in [-0.2, -0.15) is 11.8 Å². The van der Waals surface area contributed by atoms with Gasteiger partial charge in [0.2, 0.25) is 0 Å². The predicted octanol–water partition coefficient (Wildman–Crippen LogP) is 1.72. The molecule has 0 spiro atoms. The van der Waals surface area contributed by atoms with Crippen LogP contribution in [0.4, 0.5) is 0 Å². The van der Waals surface area contributed by atoms with Crippen molar-refractivity contribution >= 4 is 21.6 Å². The minimum absolute atomic E-state index is 0.0957. The summed E-state index contributed by atoms with van der Waals surface area (Å²) < 4.78 is 28.0. The van der Waals surface area contributed by atoms with Gasteiger partial charge in [0.15, 0.2) is 9.84 Å². The highest BCUT2D eigenvalue weighted by Gasteiger charge is 2.37. The van der Waals surface area contributed by atoms with Crippen LogP contribution < -0.4 is 0 Å². The molecule has 0 N–H and O–H groups in total. The molecule has 0 aromatic rings. The lowest BCUT2D eigenvalue weighted by atomic mass is 10.3. The smallest absolute Gasteiger partial charge is 0.154 e. The fraction of sp³-hybridized carbons (Fsp3) is 1.00. The highest BCUT2D eigenvalue weighted by molar-refractivity contribution is 8.01. The number of unbranched alkanes of at least 4 members (excludes halogenated alkanes) is 2. The van der Waals surface area contributed by atoms with Gasteiger partial charge in [0, 0.05) is 12.4 Å². The number of methoxy groups -OCH3 is 1. The van der Waals surface area contributed by atoms with E-state index in [-0.39, 0.29) is 17.1 Å². The molecule has 0 bridgehead atoms. The topological polar surface area (TPSA) is 43.4 Å². The molecule has 90 valence electrons. The molecule has 1 aliphatic heterocycles. The third-order valence-electron chi connectivity index (χ3n) is 2.63. The van der Waals surface area contributed by atoms with Crippen molar-refractivity contribution < 1.29 is 13.2 Å². The van der Waals surface area contributed by atoms with Crippen molar-refractivity contribution in [2.45, 2.75) is 37.5 Å². The molecule has 3 nitrogen and oxygen atoms in total. The van der Waals surface area contributed by atoms with Crippen LogP contribution in [-0.2, 0) is 14.6 Å². The van der Waals surface area contributed by atoms with E-state index in [1.54, 1.807) is 18.9 Å². The second kappa shape index (κ2) is 6.11. The molecule has 0 aromatic heterocycles. The van der Waals surface area contributed by atoms with Gasteiger partial charge in [-0.1, -0.05) is 19.8 Å². The Labute approximate surface area is 96.9 Å². The normalized spacial score (nSPS) is 29.5. The van der Waals surface area contributed by atoms with Crippen LogP contribution >= 0.6 is 11.8 Å². The molecule has 1 heterocycles. The fourth-order valence-corrected chi connectivity index (χ4v) is 5.69. The molecule has 15 heavy (non-hydrogen) atoms. The van der Waals surface area contributed by atoms with Gasteiger partial charge in [-0.25, -0.2) is 8.42 Å². The van der Waals surface area contributed by atoms with E-state index in [0.717, 1.165) is 5.75 Å². The van der Waals surface area contributed by atoms with E-state index >= 15 is 0 Å². The molecule has 2 unspecified atom stereocenters. The zero-order valence-corrected chi connectivity index (χ0v) is 11.1. The molecule has 1 aliphatic rings. The van der Waals surface area contributed by atoms with Crippen molar-refractivity contribution in [2.24, 2.45) is 0 Å². The molecule has 0 aliphatic carbocycles. The summed E-state index contributed by atoms with van der Waals surface area (Å²) in [7, 11) is -1.24. The summed E-state index contributed by atoms with van der Waals surface area (Å²) in [4.78, 5) is 0. The van der Waals surface area contributed by atoms with Gasteiger partial charge in [-0.05, 0) is 12.2 Å². The molecule has 1 rings (SSSR count). The van der Waals surface area contributed by atoms with Crippen LogP contribution in [0.25, 0.3) is 0 Å². The zero-order valence-electron chi connectivity index (χ0n) is 9.44. The van der Waals surface area contributed by atoms with E-state index in [9.17, 15) is 8.42 Å². The average Bonchev–Trinajstić information content (AvgIpc) is 2.48. The van der Waals surface area contributed by atoms with Crippen LogP contribution in [-0.4, -0.2) is 44.1 Å². The van der Waals surface area contributed by atoms with Crippen molar-refractivity contribution in [3.63, 3.8) is 0 Å². The molecular formula is C10H20O3S2. The van der Waals surface area contributed by atoms with Crippen molar-refractivity contribution in [2.75, 3.05) is 24.4 Å². The minimum atomic E-state index is -2.85. The lowest BCUT2D eigenvalue weighted by molar-refractivity contribution is 0.128. The maximum absolute atomic E-state index is 11.4. The summed E-state index contributed by atoms with van der Waals surface area (Å²) in [5, 5.41) is 0.150. The van der Waals surface area contributed by atoms with E-state index in [1.807, 2.05) is 0 Å². The van der Waals surface area contributed by atoms with E-state index in [4.69, 9.17) is 4.74 Å². The first-order chi connectivity index (χ1) is 7.09. The van der Waals surface area contributed by atoms with Gasteiger partial charge in [0.1, 0.15) is 0 Å². The minimum Gasteiger partial charge on any atom is -0.379 e. The summed E-state index contributed by atoms with van der Waals surface area (Å²) in [5.41, 5.74) is 0. The Morgan fingerprint density at radius 2 is 2.07 bits per heavy atom. The van der Waals surface area contributed by atoms with E-state index in [2.05, 4.69) is 6.92 Å². The molecular weight excluding hydrogens is 232 g/mol. The Balaban J connectivity index is 2.34. The van der Waals surface area contributed by atoms with E-state index < -0.39 is 9.84 Å². The highest BCUT2D eigenvalue weighted by atomic mass is 32.2. The Bertz CT molecular complexity index is 274. The maximum Gasteiger partial charge on any atom is 0.154 e. The van der Waals surface area contributed by atoms with Crippen molar-refractivity contribution in [3.8, 4) is 0 Å². The van der Waals surface area contributed by atoms with Gasteiger partial charge >= 0.3 is 0 Å². The fourth-order valence-electron chi connectivity index (χ4n) is 1.75. The zero-order chi connectivity index (χ0) is 11.3. The molecule has 0 amide bonds. The summed E-state index contributed by atoms with van der Waals surface area (Å²) in [5.74, 6) is 1.55. The van der Waals surface area contributed by atoms with Crippen molar-refractivity contribution in [1.29, 1.82) is 0 Å². The van der Waals surface area contributed by atoms with Crippen LogP contribution in [0.2, 0.25) is 0 Å². The summed E-state index contributed by atoms with van der Waals surface area (Å²) in [6.45, 7) is 2.17. The van der Waals surface area contributed by atoms with Crippen LogP contribution in [0, 0.1) is 0 Å². The number of ether oxygens (including phenoxy) is 1. The SMILES string of the molecule is CCCCCSC1CS(=O)(=O)CC1OC. The van der Waals surface area contributed by atoms with E-state index in [0.29, 0.717) is 5.75 Å². The number of hydrogen-bond acceptors (Lipinski definition) is 4. The standard InChI is InChI=1S/C10H20O3S2/c1-3-4-5-6-14-10-8-15(11,12)7-9(10)13-2/h9-10H,3-8H2,1-2H3. The maximum atomic E-state index is 11.4. The van der Waals surface area contributed by atoms with Crippen LogP contribution in [0.5, 0.6) is 0 Å². The first-order valence-corrected chi connectivity index (χ1v) is 8.31. The first-order valence-electron chi connectivity index (χ1n) is 5.44. The third kappa shape index (κ3) is 4.33. The van der Waals surface area contributed by atoms with Crippen LogP contribution in [0.3, 0.4) is 0 Å². The number of thioether (sulfide) groups is 1. The van der Waals surface area contributed by atoms with Gasteiger partial charge in [-0.3, -0.25) is 0 Å². The third-order valence-corrected chi connectivity index (χ3v) is 5.97. The predicted molar refractivity (Wildman–Crippen MR) is 65.2 cm³/mol. The van der Waals surface area contributed by atoms with Crippen LogP contribution in [0.15, 0.2) is 0 Å². The largest absolute Gasteiger partial charge is 0.379 e. The van der Waals surface area contributed by atoms with E-state index in [1.165, 1.54) is 19.3 Å². The molecule has 1 saturated heterocycles. The highest BCUT2D eigenvalue weighted by Crippen LogP contribution is 2.27. The lowest BCUT2D eigenvalue weighted by Gasteiger charge is -2.15. The Morgan fingerprint density at radius 3 is 2.67 bits per heavy atom. The molecule has 2 atom stereocenters. The second-order valence-corrected chi connectivity index (χ2v) is 7.47. The quantitative estimate of drug-likeness (QED) is 0.675. The summed E-state index contributed by atoms with van der Waals surface area (Å²) in [6, 6.07) is 0. The number of sulfone groups is 1. The molecule has 0 aromatic carbocycles. The molecule has 0 radical (unpaired) electrons. The Morgan fingerprint density at radius 1 is 1.33 bits per heavy atom. The van der Waals surface area contributed by atoms with Gasteiger partial charge in [0.05, 0.1) is 17.6 Å². The number of rotatable bonds is 6. The number of hydrogen-bond donors (Lipinski definition) is 0. The van der Waals surface area contributed by atoms with Crippen molar-refractivity contribution in [1.82, 2.24) is 0 Å². The molecule has 1 fully saturated rings. The first kappa shape index (κ1) is 13.3. The molecule has 5 heteroatoms. The second-order valence-electron chi connectivity index (χ2n) is 3.97. The van der Waals surface area contributed by atoms with Crippen LogP contribution in [0.1, 0.15) is 26.2 Å². The lowest BCUT2D eigenvalue weighted by Crippen LogP contribution is -2.23. The Hall–Kier alpha value is 0.260. The summed E-state index contributed by atoms with van der Waals surface area (Å²) in [6.07, 6.45) is 3.51.